The van der Waals surface area contributed by atoms with Gasteiger partial charge in [-0.05, 0) is 6.92 Å². The molecular weight excluding hydrogens is 270 g/mol. The van der Waals surface area contributed by atoms with E-state index < -0.39 is 48.5 Å². The van der Waals surface area contributed by atoms with Crippen LogP contribution < -0.4 is 5.32 Å². The van der Waals surface area contributed by atoms with Gasteiger partial charge in [0.15, 0.2) is 18.5 Å². The van der Waals surface area contributed by atoms with E-state index in [0.717, 1.165) is 6.92 Å². The van der Waals surface area contributed by atoms with Gasteiger partial charge in [-0.25, -0.2) is 0 Å². The predicted molar refractivity (Wildman–Crippen MR) is 65.3 cm³/mol. The summed E-state index contributed by atoms with van der Waals surface area (Å²) in [6.07, 6.45) is -4.11. The quantitative estimate of drug-likeness (QED) is 0.647. The third-order valence-electron chi connectivity index (χ3n) is 2.78. The van der Waals surface area contributed by atoms with Crippen molar-refractivity contribution in [2.24, 2.45) is 0 Å². The first-order chi connectivity index (χ1) is 9.22. The fourth-order valence-electron chi connectivity index (χ4n) is 2.11. The molecule has 0 aromatic heterocycles. The summed E-state index contributed by atoms with van der Waals surface area (Å²) >= 11 is 0. The molecule has 1 saturated heterocycles. The lowest BCUT2D eigenvalue weighted by Crippen LogP contribution is -2.65. The highest BCUT2D eigenvalue weighted by atomic mass is 16.7. The highest BCUT2D eigenvalue weighted by Crippen LogP contribution is 2.25. The van der Waals surface area contributed by atoms with E-state index in [1.165, 1.54) is 13.8 Å². The number of rotatable bonds is 3. The second-order valence-electron chi connectivity index (χ2n) is 4.61. The van der Waals surface area contributed by atoms with Crippen LogP contribution in [0.5, 0.6) is 0 Å². The molecule has 5 atom stereocenters. The van der Waals surface area contributed by atoms with Gasteiger partial charge in [0.05, 0.1) is 6.10 Å². The van der Waals surface area contributed by atoms with Crippen LogP contribution in [0.2, 0.25) is 0 Å². The summed E-state index contributed by atoms with van der Waals surface area (Å²) in [5, 5.41) is 12.4. The van der Waals surface area contributed by atoms with Gasteiger partial charge in [0, 0.05) is 20.8 Å². The van der Waals surface area contributed by atoms with Crippen molar-refractivity contribution in [1.29, 1.82) is 0 Å². The van der Waals surface area contributed by atoms with Crippen LogP contribution in [0.15, 0.2) is 0 Å². The Bertz CT molecular complexity index is 369. The van der Waals surface area contributed by atoms with Crippen LogP contribution in [0.1, 0.15) is 27.7 Å². The van der Waals surface area contributed by atoms with Gasteiger partial charge >= 0.3 is 11.9 Å². The van der Waals surface area contributed by atoms with Gasteiger partial charge in [0.25, 0.3) is 0 Å². The summed E-state index contributed by atoms with van der Waals surface area (Å²) in [4.78, 5) is 33.5. The van der Waals surface area contributed by atoms with E-state index in [9.17, 15) is 19.5 Å². The van der Waals surface area contributed by atoms with Gasteiger partial charge in [-0.3, -0.25) is 14.4 Å². The van der Waals surface area contributed by atoms with Gasteiger partial charge in [-0.2, -0.15) is 0 Å². The Morgan fingerprint density at radius 1 is 1.05 bits per heavy atom. The summed E-state index contributed by atoms with van der Waals surface area (Å²) in [6, 6.07) is -0.890. The number of aliphatic hydroxyl groups excluding tert-OH is 1. The Morgan fingerprint density at radius 3 is 2.00 bits per heavy atom. The lowest BCUT2D eigenvalue weighted by molar-refractivity contribution is -0.261. The molecule has 114 valence electrons. The minimum absolute atomic E-state index is 0.411. The van der Waals surface area contributed by atoms with Crippen LogP contribution in [0.3, 0.4) is 0 Å². The van der Waals surface area contributed by atoms with Crippen molar-refractivity contribution in [2.45, 2.75) is 58.3 Å². The molecule has 0 unspecified atom stereocenters. The molecule has 0 aliphatic carbocycles. The Kier molecular flexibility index (Phi) is 5.46. The maximum atomic E-state index is 11.3. The molecule has 1 fully saturated rings. The van der Waals surface area contributed by atoms with Crippen LogP contribution in [0, 0.1) is 0 Å². The zero-order chi connectivity index (χ0) is 15.4. The van der Waals surface area contributed by atoms with Crippen LogP contribution in [-0.2, 0) is 28.6 Å². The minimum Gasteiger partial charge on any atom is -0.457 e. The number of hydrogen-bond donors (Lipinski definition) is 2. The fraction of sp³-hybridized carbons (Fsp3) is 0.750. The van der Waals surface area contributed by atoms with Crippen molar-refractivity contribution in [3.63, 3.8) is 0 Å². The number of carbonyl (C=O) groups excluding carboxylic acids is 3. The molecular formula is C12H19NO7. The zero-order valence-electron chi connectivity index (χ0n) is 11.8. The largest absolute Gasteiger partial charge is 0.457 e. The first kappa shape index (κ1) is 16.4. The van der Waals surface area contributed by atoms with Crippen molar-refractivity contribution in [1.82, 2.24) is 5.32 Å². The van der Waals surface area contributed by atoms with Gasteiger partial charge in [0.1, 0.15) is 6.04 Å². The van der Waals surface area contributed by atoms with E-state index in [2.05, 4.69) is 5.32 Å². The zero-order valence-corrected chi connectivity index (χ0v) is 11.8. The van der Waals surface area contributed by atoms with Gasteiger partial charge in [-0.15, -0.1) is 0 Å². The van der Waals surface area contributed by atoms with Crippen molar-refractivity contribution in [2.75, 3.05) is 0 Å². The average molecular weight is 289 g/mol. The van der Waals surface area contributed by atoms with Gasteiger partial charge < -0.3 is 24.6 Å². The number of nitrogens with one attached hydrogen (secondary N) is 1. The lowest BCUT2D eigenvalue weighted by atomic mass is 9.96. The van der Waals surface area contributed by atoms with E-state index >= 15 is 0 Å². The van der Waals surface area contributed by atoms with E-state index in [0.29, 0.717) is 0 Å². The smallest absolute Gasteiger partial charge is 0.303 e. The number of ether oxygens (including phenoxy) is 3. The van der Waals surface area contributed by atoms with Crippen LogP contribution >= 0.6 is 0 Å². The molecule has 1 amide bonds. The Labute approximate surface area is 116 Å². The second-order valence-corrected chi connectivity index (χ2v) is 4.61. The van der Waals surface area contributed by atoms with Crippen LogP contribution in [0.25, 0.3) is 0 Å². The molecule has 0 saturated carbocycles. The van der Waals surface area contributed by atoms with E-state index in [1.807, 2.05) is 0 Å². The molecule has 2 N–H and O–H groups in total. The average Bonchev–Trinajstić information content (AvgIpc) is 2.27. The third-order valence-corrected chi connectivity index (χ3v) is 2.78. The first-order valence-corrected chi connectivity index (χ1v) is 6.17. The highest BCUT2D eigenvalue weighted by molar-refractivity contribution is 5.74. The normalized spacial score (nSPS) is 33.1. The van der Waals surface area contributed by atoms with Crippen molar-refractivity contribution < 1.29 is 33.7 Å². The Hall–Kier alpha value is -1.67. The van der Waals surface area contributed by atoms with Gasteiger partial charge in [0.2, 0.25) is 5.91 Å². The molecule has 0 aromatic rings. The summed E-state index contributed by atoms with van der Waals surface area (Å²) in [5.74, 6) is -1.63. The first-order valence-electron chi connectivity index (χ1n) is 6.17. The fourth-order valence-corrected chi connectivity index (χ4v) is 2.11. The minimum atomic E-state index is -1.42. The number of aliphatic hydroxyl groups is 1. The number of hydrogen-bond acceptors (Lipinski definition) is 7. The molecule has 1 heterocycles. The second kappa shape index (κ2) is 6.67. The number of carbonyl (C=O) groups is 3. The number of esters is 2. The summed E-state index contributed by atoms with van der Waals surface area (Å²) < 4.78 is 15.2. The highest BCUT2D eigenvalue weighted by Gasteiger charge is 2.48. The molecule has 20 heavy (non-hydrogen) atoms. The van der Waals surface area contributed by atoms with Crippen LogP contribution in [0.4, 0.5) is 0 Å². The van der Waals surface area contributed by atoms with E-state index in [1.54, 1.807) is 6.92 Å². The standard InChI is InChI=1S/C12H19NO7/c1-5-10(19-7(3)15)9(13-6(2)14)11(12(17)18-5)20-8(4)16/h5,9-12,17H,1-4H3,(H,13,14)/t5-,9-,10+,11-,12+/m1/s1. The topological polar surface area (TPSA) is 111 Å². The maximum Gasteiger partial charge on any atom is 0.303 e. The Balaban J connectivity index is 3.01. The molecule has 8 heteroatoms. The van der Waals surface area contributed by atoms with E-state index in [-0.39, 0.29) is 0 Å². The molecule has 8 nitrogen and oxygen atoms in total. The lowest BCUT2D eigenvalue weighted by Gasteiger charge is -2.42. The SMILES string of the molecule is CC(=O)N[C@@H]1[C@@H](OC(C)=O)[C@@H](C)O[C@H](O)[C@@H]1OC(C)=O. The maximum absolute atomic E-state index is 11.3. The van der Waals surface area contributed by atoms with Crippen molar-refractivity contribution in [3.8, 4) is 0 Å². The Morgan fingerprint density at radius 2 is 1.55 bits per heavy atom. The molecule has 1 aliphatic rings. The molecule has 0 bridgehead atoms. The summed E-state index contributed by atoms with van der Waals surface area (Å²) in [6.45, 7) is 5.22. The molecule has 0 spiro atoms. The van der Waals surface area contributed by atoms with Crippen LogP contribution in [-0.4, -0.2) is 53.6 Å². The van der Waals surface area contributed by atoms with Gasteiger partial charge in [-0.1, -0.05) is 0 Å². The predicted octanol–water partition coefficient (Wildman–Crippen LogP) is -0.908. The molecule has 1 aliphatic heterocycles. The summed E-state index contributed by atoms with van der Waals surface area (Å²) in [5.41, 5.74) is 0. The van der Waals surface area contributed by atoms with Crippen molar-refractivity contribution in [3.05, 3.63) is 0 Å². The molecule has 1 rings (SSSR count). The molecule has 0 radical (unpaired) electrons. The number of amides is 1. The van der Waals surface area contributed by atoms with E-state index in [4.69, 9.17) is 14.2 Å². The third kappa shape index (κ3) is 4.17. The molecule has 0 aromatic carbocycles. The summed E-state index contributed by atoms with van der Waals surface area (Å²) in [7, 11) is 0. The van der Waals surface area contributed by atoms with Crippen molar-refractivity contribution >= 4 is 17.8 Å². The monoisotopic (exact) mass is 289 g/mol.